The summed E-state index contributed by atoms with van der Waals surface area (Å²) in [5, 5.41) is 7.66. The molecule has 4 rings (SSSR count). The van der Waals surface area contributed by atoms with E-state index in [-0.39, 0.29) is 11.5 Å². The van der Waals surface area contributed by atoms with Crippen molar-refractivity contribution in [3.63, 3.8) is 0 Å². The SMILES string of the molecule is CCCCOc1ccc(C(=O)NCCn2ncc3c(=O)n(Cc4ccccc4C)cnc32)cc1. The predicted molar refractivity (Wildman–Crippen MR) is 131 cm³/mol. The van der Waals surface area contributed by atoms with Crippen LogP contribution in [0.3, 0.4) is 0 Å². The maximum atomic E-state index is 12.9. The first-order chi connectivity index (χ1) is 16.6. The van der Waals surface area contributed by atoms with Gasteiger partial charge in [0.25, 0.3) is 11.5 Å². The first-order valence-corrected chi connectivity index (χ1v) is 11.5. The summed E-state index contributed by atoms with van der Waals surface area (Å²) in [6, 6.07) is 15.1. The fraction of sp³-hybridized carbons (Fsp3) is 0.308. The van der Waals surface area contributed by atoms with E-state index < -0.39 is 0 Å². The summed E-state index contributed by atoms with van der Waals surface area (Å²) >= 11 is 0. The van der Waals surface area contributed by atoms with Crippen LogP contribution in [0.15, 0.2) is 65.8 Å². The molecule has 2 aromatic carbocycles. The molecule has 0 radical (unpaired) electrons. The number of ether oxygens (including phenoxy) is 1. The number of nitrogens with one attached hydrogen (secondary N) is 1. The topological polar surface area (TPSA) is 91.0 Å². The summed E-state index contributed by atoms with van der Waals surface area (Å²) in [5.74, 6) is 0.581. The molecule has 0 aliphatic rings. The van der Waals surface area contributed by atoms with Gasteiger partial charge in [0.15, 0.2) is 5.65 Å². The van der Waals surface area contributed by atoms with Gasteiger partial charge in [-0.2, -0.15) is 5.10 Å². The Morgan fingerprint density at radius 1 is 1.12 bits per heavy atom. The molecule has 34 heavy (non-hydrogen) atoms. The zero-order chi connectivity index (χ0) is 23.9. The Bertz CT molecular complexity index is 1320. The molecule has 0 unspecified atom stereocenters. The van der Waals surface area contributed by atoms with E-state index in [1.807, 2.05) is 31.2 Å². The third-order valence-electron chi connectivity index (χ3n) is 5.72. The highest BCUT2D eigenvalue weighted by molar-refractivity contribution is 5.94. The highest BCUT2D eigenvalue weighted by Crippen LogP contribution is 2.13. The molecule has 0 bridgehead atoms. The van der Waals surface area contributed by atoms with Crippen LogP contribution in [0.2, 0.25) is 0 Å². The number of benzene rings is 2. The molecule has 1 amide bonds. The van der Waals surface area contributed by atoms with Crippen LogP contribution in [-0.4, -0.2) is 38.4 Å². The number of unbranched alkanes of at least 4 members (excludes halogenated alkanes) is 1. The first-order valence-electron chi connectivity index (χ1n) is 11.5. The van der Waals surface area contributed by atoms with Crippen LogP contribution in [0.5, 0.6) is 5.75 Å². The van der Waals surface area contributed by atoms with Crippen LogP contribution in [0.1, 0.15) is 41.3 Å². The van der Waals surface area contributed by atoms with Crippen molar-refractivity contribution < 1.29 is 9.53 Å². The molecule has 2 aromatic heterocycles. The number of carbonyl (C=O) groups is 1. The molecule has 0 atom stereocenters. The molecule has 8 nitrogen and oxygen atoms in total. The fourth-order valence-electron chi connectivity index (χ4n) is 3.66. The maximum Gasteiger partial charge on any atom is 0.264 e. The van der Waals surface area contributed by atoms with Crippen molar-refractivity contribution in [3.8, 4) is 5.75 Å². The molecular weight excluding hydrogens is 430 g/mol. The average molecular weight is 460 g/mol. The minimum absolute atomic E-state index is 0.134. The molecule has 0 spiro atoms. The van der Waals surface area contributed by atoms with Gasteiger partial charge in [-0.05, 0) is 48.7 Å². The molecule has 4 aromatic rings. The lowest BCUT2D eigenvalue weighted by Gasteiger charge is -2.09. The third kappa shape index (κ3) is 5.33. The number of hydrogen-bond acceptors (Lipinski definition) is 5. The molecule has 0 saturated heterocycles. The smallest absolute Gasteiger partial charge is 0.264 e. The van der Waals surface area contributed by atoms with Gasteiger partial charge < -0.3 is 10.1 Å². The van der Waals surface area contributed by atoms with Crippen molar-refractivity contribution in [2.24, 2.45) is 0 Å². The fourth-order valence-corrected chi connectivity index (χ4v) is 3.66. The number of amides is 1. The van der Waals surface area contributed by atoms with E-state index in [9.17, 15) is 9.59 Å². The van der Waals surface area contributed by atoms with Crippen molar-refractivity contribution in [2.75, 3.05) is 13.2 Å². The average Bonchev–Trinajstić information content (AvgIpc) is 3.26. The van der Waals surface area contributed by atoms with Gasteiger partial charge >= 0.3 is 0 Å². The Morgan fingerprint density at radius 3 is 2.68 bits per heavy atom. The lowest BCUT2D eigenvalue weighted by molar-refractivity contribution is 0.0952. The lowest BCUT2D eigenvalue weighted by atomic mass is 10.1. The minimum Gasteiger partial charge on any atom is -0.494 e. The van der Waals surface area contributed by atoms with Crippen LogP contribution in [0.25, 0.3) is 11.0 Å². The van der Waals surface area contributed by atoms with Gasteiger partial charge in [-0.25, -0.2) is 9.67 Å². The highest BCUT2D eigenvalue weighted by Gasteiger charge is 2.12. The largest absolute Gasteiger partial charge is 0.494 e. The van der Waals surface area contributed by atoms with Crippen molar-refractivity contribution in [3.05, 3.63) is 88.1 Å². The normalized spacial score (nSPS) is 11.0. The highest BCUT2D eigenvalue weighted by atomic mass is 16.5. The molecule has 0 aliphatic carbocycles. The quantitative estimate of drug-likeness (QED) is 0.366. The Labute approximate surface area is 198 Å². The van der Waals surface area contributed by atoms with Gasteiger partial charge in [-0.3, -0.25) is 14.2 Å². The molecule has 0 saturated carbocycles. The number of fused-ring (bicyclic) bond motifs is 1. The van der Waals surface area contributed by atoms with Crippen LogP contribution in [0, 0.1) is 6.92 Å². The summed E-state index contributed by atoms with van der Waals surface area (Å²) in [6.07, 6.45) is 5.17. The second kappa shape index (κ2) is 10.8. The zero-order valence-electron chi connectivity index (χ0n) is 19.5. The third-order valence-corrected chi connectivity index (χ3v) is 5.72. The Hall–Kier alpha value is -3.94. The van der Waals surface area contributed by atoms with Crippen LogP contribution in [-0.2, 0) is 13.1 Å². The van der Waals surface area contributed by atoms with E-state index in [1.54, 1.807) is 39.8 Å². The van der Waals surface area contributed by atoms with Crippen LogP contribution >= 0.6 is 0 Å². The minimum atomic E-state index is -0.176. The summed E-state index contributed by atoms with van der Waals surface area (Å²) in [7, 11) is 0. The van der Waals surface area contributed by atoms with Crippen molar-refractivity contribution in [1.29, 1.82) is 0 Å². The van der Waals surface area contributed by atoms with E-state index in [1.165, 1.54) is 6.20 Å². The van der Waals surface area contributed by atoms with Gasteiger partial charge in [-0.15, -0.1) is 0 Å². The van der Waals surface area contributed by atoms with E-state index in [4.69, 9.17) is 4.74 Å². The molecule has 0 fully saturated rings. The van der Waals surface area contributed by atoms with Gasteiger partial charge in [0.1, 0.15) is 17.5 Å². The second-order valence-corrected chi connectivity index (χ2v) is 8.19. The van der Waals surface area contributed by atoms with E-state index >= 15 is 0 Å². The van der Waals surface area contributed by atoms with E-state index in [0.717, 1.165) is 29.7 Å². The summed E-state index contributed by atoms with van der Waals surface area (Å²) < 4.78 is 8.86. The van der Waals surface area contributed by atoms with Gasteiger partial charge in [0.05, 0.1) is 25.9 Å². The van der Waals surface area contributed by atoms with Crippen molar-refractivity contribution >= 4 is 16.9 Å². The van der Waals surface area contributed by atoms with Gasteiger partial charge in [-0.1, -0.05) is 37.6 Å². The zero-order valence-corrected chi connectivity index (χ0v) is 19.5. The van der Waals surface area contributed by atoms with E-state index in [2.05, 4.69) is 22.3 Å². The molecule has 1 N–H and O–H groups in total. The van der Waals surface area contributed by atoms with Crippen molar-refractivity contribution in [1.82, 2.24) is 24.6 Å². The monoisotopic (exact) mass is 459 g/mol. The lowest BCUT2D eigenvalue weighted by Crippen LogP contribution is -2.27. The Kier molecular flexibility index (Phi) is 7.37. The Balaban J connectivity index is 1.36. The number of aryl methyl sites for hydroxylation is 1. The summed E-state index contributed by atoms with van der Waals surface area (Å²) in [6.45, 7) is 6.03. The standard InChI is InChI=1S/C26H29N5O3/c1-3-4-15-34-22-11-9-20(10-12-22)25(32)27-13-14-31-24-23(16-29-31)26(33)30(18-28-24)17-21-8-6-5-7-19(21)2/h5-12,16,18H,3-4,13-15,17H2,1-2H3,(H,27,32). The Morgan fingerprint density at radius 2 is 1.91 bits per heavy atom. The van der Waals surface area contributed by atoms with E-state index in [0.29, 0.717) is 42.8 Å². The van der Waals surface area contributed by atoms with Crippen LogP contribution < -0.4 is 15.6 Å². The maximum absolute atomic E-state index is 12.9. The number of carbonyl (C=O) groups excluding carboxylic acids is 1. The number of hydrogen-bond donors (Lipinski definition) is 1. The van der Waals surface area contributed by atoms with Gasteiger partial charge in [0.2, 0.25) is 0 Å². The molecule has 0 aliphatic heterocycles. The molecule has 176 valence electrons. The predicted octanol–water partition coefficient (Wildman–Crippen LogP) is 3.56. The van der Waals surface area contributed by atoms with Crippen molar-refractivity contribution in [2.45, 2.75) is 39.8 Å². The first kappa shape index (κ1) is 23.2. The number of rotatable bonds is 10. The summed E-state index contributed by atoms with van der Waals surface area (Å²) in [5.41, 5.74) is 3.13. The molecule has 8 heteroatoms. The molecular formula is C26H29N5O3. The van der Waals surface area contributed by atoms with Crippen LogP contribution in [0.4, 0.5) is 0 Å². The summed E-state index contributed by atoms with van der Waals surface area (Å²) in [4.78, 5) is 29.8. The number of aromatic nitrogens is 4. The van der Waals surface area contributed by atoms with Gasteiger partial charge in [0, 0.05) is 12.1 Å². The molecule has 2 heterocycles. The number of nitrogens with zero attached hydrogens (tertiary/aromatic N) is 4. The second-order valence-electron chi connectivity index (χ2n) is 8.19.